The van der Waals surface area contributed by atoms with Crippen LogP contribution in [0.25, 0.3) is 0 Å². The Morgan fingerprint density at radius 1 is 1.23 bits per heavy atom. The number of nitro groups is 1. The fourth-order valence-electron chi connectivity index (χ4n) is 3.66. The van der Waals surface area contributed by atoms with Crippen LogP contribution in [0.15, 0.2) is 18.2 Å². The first-order chi connectivity index (χ1) is 14.3. The number of carbonyl (C=O) groups is 2. The first-order valence-electron chi connectivity index (χ1n) is 9.93. The van der Waals surface area contributed by atoms with Crippen LogP contribution in [0.4, 0.5) is 11.4 Å². The number of thiocarbonyl (C=S) groups is 1. The van der Waals surface area contributed by atoms with Gasteiger partial charge in [-0.2, -0.15) is 0 Å². The number of hydrogen-bond donors (Lipinski definition) is 2. The van der Waals surface area contributed by atoms with E-state index in [0.29, 0.717) is 18.7 Å². The van der Waals surface area contributed by atoms with Crippen molar-refractivity contribution >= 4 is 52.1 Å². The SMILES string of the molecule is O=C(CN1CCCCC(NC(=S)Nc2ccc([N+](=O)[O-])cc2Cl)C1=O)N1CCCC1. The lowest BCUT2D eigenvalue weighted by Crippen LogP contribution is -2.51. The third-order valence-electron chi connectivity index (χ3n) is 5.28. The molecule has 0 spiro atoms. The molecule has 2 fully saturated rings. The number of rotatable bonds is 5. The van der Waals surface area contributed by atoms with Crippen molar-refractivity contribution in [2.75, 3.05) is 31.5 Å². The molecule has 2 amide bonds. The van der Waals surface area contributed by atoms with E-state index in [2.05, 4.69) is 10.6 Å². The minimum atomic E-state index is -0.546. The molecule has 162 valence electrons. The maximum atomic E-state index is 13.0. The van der Waals surface area contributed by atoms with Crippen LogP contribution in [-0.4, -0.2) is 63.9 Å². The number of hydrogen-bond acceptors (Lipinski definition) is 5. The molecule has 0 bridgehead atoms. The molecule has 9 nitrogen and oxygen atoms in total. The average Bonchev–Trinajstić information content (AvgIpc) is 3.19. The predicted octanol–water partition coefficient (Wildman–Crippen LogP) is 2.54. The van der Waals surface area contributed by atoms with Gasteiger partial charge < -0.3 is 20.4 Å². The zero-order valence-corrected chi connectivity index (χ0v) is 18.0. The maximum Gasteiger partial charge on any atom is 0.271 e. The quantitative estimate of drug-likeness (QED) is 0.400. The van der Waals surface area contributed by atoms with E-state index in [1.165, 1.54) is 18.2 Å². The van der Waals surface area contributed by atoms with Gasteiger partial charge in [0.1, 0.15) is 6.04 Å². The number of likely N-dealkylation sites (tertiary alicyclic amines) is 2. The van der Waals surface area contributed by atoms with Crippen molar-refractivity contribution in [3.63, 3.8) is 0 Å². The topological polar surface area (TPSA) is 108 Å². The molecule has 0 aliphatic carbocycles. The normalized spacial score (nSPS) is 19.4. The smallest absolute Gasteiger partial charge is 0.271 e. The Morgan fingerprint density at radius 2 is 1.93 bits per heavy atom. The number of nitrogens with one attached hydrogen (secondary N) is 2. The molecule has 0 radical (unpaired) electrons. The second-order valence-electron chi connectivity index (χ2n) is 7.42. The molecule has 2 saturated heterocycles. The van der Waals surface area contributed by atoms with Gasteiger partial charge in [-0.25, -0.2) is 0 Å². The highest BCUT2D eigenvalue weighted by Crippen LogP contribution is 2.26. The number of amides is 2. The van der Waals surface area contributed by atoms with Gasteiger partial charge >= 0.3 is 0 Å². The van der Waals surface area contributed by atoms with Gasteiger partial charge in [0.15, 0.2) is 5.11 Å². The van der Waals surface area contributed by atoms with Crippen molar-refractivity contribution < 1.29 is 14.5 Å². The number of nitrogens with zero attached hydrogens (tertiary/aromatic N) is 3. The number of nitro benzene ring substituents is 1. The van der Waals surface area contributed by atoms with Crippen LogP contribution in [0.1, 0.15) is 32.1 Å². The standard InChI is InChI=1S/C19H24ClN5O4S/c20-14-11-13(25(28)29)6-7-15(14)21-19(30)22-16-5-1-2-10-24(18(16)27)12-17(26)23-8-3-4-9-23/h6-7,11,16H,1-5,8-10,12H2,(H2,21,22,30). The average molecular weight is 454 g/mol. The first kappa shape index (κ1) is 22.2. The molecule has 2 N–H and O–H groups in total. The molecular formula is C19H24ClN5O4S. The summed E-state index contributed by atoms with van der Waals surface area (Å²) >= 11 is 11.4. The summed E-state index contributed by atoms with van der Waals surface area (Å²) in [6.07, 6.45) is 4.28. The summed E-state index contributed by atoms with van der Waals surface area (Å²) in [7, 11) is 0. The minimum Gasteiger partial charge on any atom is -0.351 e. The molecule has 1 aromatic carbocycles. The second-order valence-corrected chi connectivity index (χ2v) is 8.23. The Morgan fingerprint density at radius 3 is 2.60 bits per heavy atom. The third kappa shape index (κ3) is 5.57. The van der Waals surface area contributed by atoms with Gasteiger partial charge in [-0.15, -0.1) is 0 Å². The van der Waals surface area contributed by atoms with Gasteiger partial charge in [-0.1, -0.05) is 11.6 Å². The van der Waals surface area contributed by atoms with Crippen molar-refractivity contribution in [1.82, 2.24) is 15.1 Å². The number of halogens is 1. The van der Waals surface area contributed by atoms with Gasteiger partial charge in [-0.05, 0) is 50.4 Å². The third-order valence-corrected chi connectivity index (χ3v) is 5.82. The van der Waals surface area contributed by atoms with Crippen molar-refractivity contribution in [2.45, 2.75) is 38.1 Å². The lowest BCUT2D eigenvalue weighted by atomic mass is 10.1. The Hall–Kier alpha value is -2.46. The van der Waals surface area contributed by atoms with Crippen LogP contribution in [0, 0.1) is 10.1 Å². The van der Waals surface area contributed by atoms with Crippen molar-refractivity contribution in [1.29, 1.82) is 0 Å². The molecule has 2 aliphatic heterocycles. The summed E-state index contributed by atoms with van der Waals surface area (Å²) in [6.45, 7) is 2.15. The van der Waals surface area contributed by atoms with Crippen LogP contribution in [0.2, 0.25) is 5.02 Å². The van der Waals surface area contributed by atoms with Crippen LogP contribution in [0.3, 0.4) is 0 Å². The summed E-state index contributed by atoms with van der Waals surface area (Å²) in [6, 6.07) is 3.47. The maximum absolute atomic E-state index is 13.0. The van der Waals surface area contributed by atoms with E-state index >= 15 is 0 Å². The molecule has 0 aromatic heterocycles. The number of non-ortho nitro benzene ring substituents is 1. The van der Waals surface area contributed by atoms with Gasteiger partial charge in [0.2, 0.25) is 11.8 Å². The fraction of sp³-hybridized carbons (Fsp3) is 0.526. The van der Waals surface area contributed by atoms with Crippen LogP contribution < -0.4 is 10.6 Å². The zero-order valence-electron chi connectivity index (χ0n) is 16.4. The molecule has 1 unspecified atom stereocenters. The van der Waals surface area contributed by atoms with Crippen molar-refractivity contribution in [2.24, 2.45) is 0 Å². The number of benzene rings is 1. The van der Waals surface area contributed by atoms with E-state index in [9.17, 15) is 19.7 Å². The van der Waals surface area contributed by atoms with E-state index in [4.69, 9.17) is 23.8 Å². The second kappa shape index (κ2) is 10.0. The molecule has 3 rings (SSSR count). The lowest BCUT2D eigenvalue weighted by Gasteiger charge is -2.27. The predicted molar refractivity (Wildman–Crippen MR) is 117 cm³/mol. The van der Waals surface area contributed by atoms with Crippen LogP contribution >= 0.6 is 23.8 Å². The van der Waals surface area contributed by atoms with E-state index < -0.39 is 11.0 Å². The molecule has 2 aliphatic rings. The summed E-state index contributed by atoms with van der Waals surface area (Å²) in [5.74, 6) is -0.168. The van der Waals surface area contributed by atoms with E-state index in [1.807, 2.05) is 4.90 Å². The van der Waals surface area contributed by atoms with Crippen LogP contribution in [-0.2, 0) is 9.59 Å². The summed E-state index contributed by atoms with van der Waals surface area (Å²) in [4.78, 5) is 39.1. The number of anilines is 1. The molecular weight excluding hydrogens is 430 g/mol. The van der Waals surface area contributed by atoms with E-state index in [1.54, 1.807) is 4.90 Å². The number of carbonyl (C=O) groups excluding carboxylic acids is 2. The fourth-order valence-corrected chi connectivity index (χ4v) is 4.14. The van der Waals surface area contributed by atoms with Crippen molar-refractivity contribution in [3.05, 3.63) is 33.3 Å². The van der Waals surface area contributed by atoms with Crippen molar-refractivity contribution in [3.8, 4) is 0 Å². The Bertz CT molecular complexity index is 846. The van der Waals surface area contributed by atoms with E-state index in [0.717, 1.165) is 38.8 Å². The summed E-state index contributed by atoms with van der Waals surface area (Å²) in [5, 5.41) is 17.1. The van der Waals surface area contributed by atoms with Gasteiger partial charge in [0, 0.05) is 31.8 Å². The molecule has 30 heavy (non-hydrogen) atoms. The summed E-state index contributed by atoms with van der Waals surface area (Å²) in [5.41, 5.74) is 0.281. The van der Waals surface area contributed by atoms with Crippen LogP contribution in [0.5, 0.6) is 0 Å². The Labute approximate surface area is 184 Å². The highest BCUT2D eigenvalue weighted by molar-refractivity contribution is 7.80. The lowest BCUT2D eigenvalue weighted by molar-refractivity contribution is -0.384. The van der Waals surface area contributed by atoms with E-state index in [-0.39, 0.29) is 34.2 Å². The monoisotopic (exact) mass is 453 g/mol. The molecule has 0 saturated carbocycles. The zero-order chi connectivity index (χ0) is 21.7. The first-order valence-corrected chi connectivity index (χ1v) is 10.7. The minimum absolute atomic E-state index is 0.0140. The van der Waals surface area contributed by atoms with Gasteiger partial charge in [0.25, 0.3) is 5.69 Å². The highest BCUT2D eigenvalue weighted by Gasteiger charge is 2.30. The Kier molecular flexibility index (Phi) is 7.43. The molecule has 1 atom stereocenters. The highest BCUT2D eigenvalue weighted by atomic mass is 35.5. The molecule has 11 heteroatoms. The summed E-state index contributed by atoms with van der Waals surface area (Å²) < 4.78 is 0. The Balaban J connectivity index is 1.60. The largest absolute Gasteiger partial charge is 0.351 e. The molecule has 2 heterocycles. The van der Waals surface area contributed by atoms with Gasteiger partial charge in [0.05, 0.1) is 22.2 Å². The molecule has 1 aromatic rings. The van der Waals surface area contributed by atoms with Gasteiger partial charge in [-0.3, -0.25) is 19.7 Å².